The highest BCUT2D eigenvalue weighted by molar-refractivity contribution is 6.30. The lowest BCUT2D eigenvalue weighted by atomic mass is 9.82. The van der Waals surface area contributed by atoms with Gasteiger partial charge in [-0.15, -0.1) is 0 Å². The van der Waals surface area contributed by atoms with E-state index in [0.717, 1.165) is 61.6 Å². The molecule has 2 aromatic carbocycles. The number of carbonyl (C=O) groups is 2. The summed E-state index contributed by atoms with van der Waals surface area (Å²) in [6, 6.07) is 11.8. The molecule has 38 heavy (non-hydrogen) atoms. The fraction of sp³-hybridized carbons (Fsp3) is 0.548. The smallest absolute Gasteiger partial charge is 0.228 e. The SMILES string of the molecule is CCCCCC(=O)NC1CCC(N2C(=O)Cc3cc(OC)c(OC(C)C)cc3C2c2ccc(Cl)cc2)CC1. The highest BCUT2D eigenvalue weighted by Gasteiger charge is 2.40. The first-order valence-electron chi connectivity index (χ1n) is 14.0. The quantitative estimate of drug-likeness (QED) is 0.344. The third-order valence-corrected chi connectivity index (χ3v) is 7.89. The van der Waals surface area contributed by atoms with Crippen LogP contribution in [0, 0.1) is 0 Å². The minimum Gasteiger partial charge on any atom is -0.493 e. The fourth-order valence-electron chi connectivity index (χ4n) is 5.81. The number of hydrogen-bond acceptors (Lipinski definition) is 4. The Kier molecular flexibility index (Phi) is 9.59. The predicted octanol–water partition coefficient (Wildman–Crippen LogP) is 6.62. The van der Waals surface area contributed by atoms with Crippen molar-refractivity contribution >= 4 is 23.4 Å². The summed E-state index contributed by atoms with van der Waals surface area (Å²) in [6.45, 7) is 6.13. The molecule has 7 heteroatoms. The molecule has 0 bridgehead atoms. The van der Waals surface area contributed by atoms with Crippen LogP contribution in [0.3, 0.4) is 0 Å². The zero-order valence-corrected chi connectivity index (χ0v) is 23.9. The summed E-state index contributed by atoms with van der Waals surface area (Å²) < 4.78 is 11.7. The summed E-state index contributed by atoms with van der Waals surface area (Å²) in [4.78, 5) is 28.2. The summed E-state index contributed by atoms with van der Waals surface area (Å²) >= 11 is 6.23. The van der Waals surface area contributed by atoms with Gasteiger partial charge in [-0.25, -0.2) is 0 Å². The molecule has 1 fully saturated rings. The number of halogens is 1. The average molecular weight is 541 g/mol. The number of carbonyl (C=O) groups excluding carboxylic acids is 2. The molecule has 0 spiro atoms. The normalized spacial score (nSPS) is 21.3. The molecule has 2 amide bonds. The Hall–Kier alpha value is -2.73. The number of ether oxygens (including phenoxy) is 2. The average Bonchev–Trinajstić information content (AvgIpc) is 2.89. The van der Waals surface area contributed by atoms with Gasteiger partial charge in [-0.3, -0.25) is 9.59 Å². The Morgan fingerprint density at radius 3 is 2.42 bits per heavy atom. The van der Waals surface area contributed by atoms with Gasteiger partial charge in [0.05, 0.1) is 25.7 Å². The van der Waals surface area contributed by atoms with Gasteiger partial charge in [0.1, 0.15) is 0 Å². The van der Waals surface area contributed by atoms with Gasteiger partial charge in [0.2, 0.25) is 11.8 Å². The monoisotopic (exact) mass is 540 g/mol. The van der Waals surface area contributed by atoms with Crippen LogP contribution in [0.25, 0.3) is 0 Å². The van der Waals surface area contributed by atoms with E-state index in [2.05, 4.69) is 23.2 Å². The maximum Gasteiger partial charge on any atom is 0.228 e. The molecular weight excluding hydrogens is 500 g/mol. The number of benzene rings is 2. The van der Waals surface area contributed by atoms with Crippen LogP contribution >= 0.6 is 11.6 Å². The molecule has 6 nitrogen and oxygen atoms in total. The maximum absolute atomic E-state index is 13.7. The lowest BCUT2D eigenvalue weighted by molar-refractivity contribution is -0.137. The summed E-state index contributed by atoms with van der Waals surface area (Å²) in [6.07, 6.45) is 7.51. The van der Waals surface area contributed by atoms with Crippen LogP contribution in [0.1, 0.15) is 94.9 Å². The van der Waals surface area contributed by atoms with Crippen molar-refractivity contribution in [3.63, 3.8) is 0 Å². The Morgan fingerprint density at radius 2 is 1.79 bits per heavy atom. The van der Waals surface area contributed by atoms with Crippen LogP contribution in [-0.2, 0) is 16.0 Å². The molecule has 1 aliphatic carbocycles. The predicted molar refractivity (Wildman–Crippen MR) is 151 cm³/mol. The summed E-state index contributed by atoms with van der Waals surface area (Å²) in [5.74, 6) is 1.59. The first-order valence-corrected chi connectivity index (χ1v) is 14.4. The molecule has 2 aromatic rings. The summed E-state index contributed by atoms with van der Waals surface area (Å²) in [5, 5.41) is 3.89. The highest BCUT2D eigenvalue weighted by Crippen LogP contribution is 2.44. The molecule has 2 aliphatic rings. The molecule has 4 rings (SSSR count). The number of amides is 2. The number of unbranched alkanes of at least 4 members (excludes halogenated alkanes) is 2. The molecule has 1 atom stereocenters. The maximum atomic E-state index is 13.7. The van der Waals surface area contributed by atoms with Gasteiger partial charge >= 0.3 is 0 Å². The standard InChI is InChI=1S/C31H41ClN2O4/c1-5-6-7-8-29(35)33-24-13-15-25(16-14-24)34-30(36)18-22-17-27(37-4)28(38-20(2)3)19-26(22)31(34)21-9-11-23(32)12-10-21/h9-12,17,19-20,24-25,31H,5-8,13-16,18H2,1-4H3,(H,33,35). The van der Waals surface area contributed by atoms with E-state index in [0.29, 0.717) is 29.4 Å². The second kappa shape index (κ2) is 12.9. The van der Waals surface area contributed by atoms with E-state index in [1.807, 2.05) is 44.2 Å². The van der Waals surface area contributed by atoms with Gasteiger partial charge in [0, 0.05) is 23.5 Å². The molecule has 1 heterocycles. The second-order valence-electron chi connectivity index (χ2n) is 10.8. The number of nitrogens with zero attached hydrogens (tertiary/aromatic N) is 1. The van der Waals surface area contributed by atoms with Gasteiger partial charge in [-0.2, -0.15) is 0 Å². The lowest BCUT2D eigenvalue weighted by Gasteiger charge is -2.45. The Bertz CT molecular complexity index is 1110. The van der Waals surface area contributed by atoms with E-state index in [1.165, 1.54) is 0 Å². The van der Waals surface area contributed by atoms with Gasteiger partial charge in [0.25, 0.3) is 0 Å². The van der Waals surface area contributed by atoms with E-state index in [-0.39, 0.29) is 36.0 Å². The summed E-state index contributed by atoms with van der Waals surface area (Å²) in [5.41, 5.74) is 3.05. The van der Waals surface area contributed by atoms with E-state index in [4.69, 9.17) is 21.1 Å². The van der Waals surface area contributed by atoms with E-state index in [1.54, 1.807) is 7.11 Å². The van der Waals surface area contributed by atoms with Crippen LogP contribution in [0.5, 0.6) is 11.5 Å². The van der Waals surface area contributed by atoms with Crippen LogP contribution in [0.15, 0.2) is 36.4 Å². The molecule has 1 saturated carbocycles. The molecular formula is C31H41ClN2O4. The van der Waals surface area contributed by atoms with Crippen molar-refractivity contribution in [2.45, 2.75) is 103 Å². The van der Waals surface area contributed by atoms with E-state index < -0.39 is 0 Å². The van der Waals surface area contributed by atoms with Gasteiger partial charge in [-0.05, 0) is 86.9 Å². The van der Waals surface area contributed by atoms with Crippen LogP contribution in [0.4, 0.5) is 0 Å². The highest BCUT2D eigenvalue weighted by atomic mass is 35.5. The van der Waals surface area contributed by atoms with Crippen LogP contribution in [0.2, 0.25) is 5.02 Å². The first kappa shape index (κ1) is 28.3. The number of nitrogens with one attached hydrogen (secondary N) is 1. The van der Waals surface area contributed by atoms with Gasteiger partial charge in [-0.1, -0.05) is 43.5 Å². The molecule has 1 aliphatic heterocycles. The van der Waals surface area contributed by atoms with Crippen LogP contribution in [-0.4, -0.2) is 42.0 Å². The number of rotatable bonds is 10. The third kappa shape index (κ3) is 6.63. The minimum absolute atomic E-state index is 0.00952. The number of methoxy groups -OCH3 is 1. The molecule has 1 unspecified atom stereocenters. The molecule has 206 valence electrons. The largest absolute Gasteiger partial charge is 0.493 e. The zero-order chi connectivity index (χ0) is 27.2. The van der Waals surface area contributed by atoms with Gasteiger partial charge in [0.15, 0.2) is 11.5 Å². The van der Waals surface area contributed by atoms with Crippen molar-refractivity contribution < 1.29 is 19.1 Å². The molecule has 1 N–H and O–H groups in total. The van der Waals surface area contributed by atoms with Crippen molar-refractivity contribution in [1.82, 2.24) is 10.2 Å². The minimum atomic E-state index is -0.242. The Labute approximate surface area is 232 Å². The Morgan fingerprint density at radius 1 is 1.08 bits per heavy atom. The lowest BCUT2D eigenvalue weighted by Crippen LogP contribution is -2.50. The van der Waals surface area contributed by atoms with Gasteiger partial charge < -0.3 is 19.7 Å². The van der Waals surface area contributed by atoms with Crippen molar-refractivity contribution in [2.75, 3.05) is 7.11 Å². The Balaban J connectivity index is 1.60. The van der Waals surface area contributed by atoms with Crippen LogP contribution < -0.4 is 14.8 Å². The van der Waals surface area contributed by atoms with Crippen molar-refractivity contribution in [3.05, 3.63) is 58.1 Å². The topological polar surface area (TPSA) is 67.9 Å². The van der Waals surface area contributed by atoms with E-state index in [9.17, 15) is 9.59 Å². The van der Waals surface area contributed by atoms with Crippen molar-refractivity contribution in [3.8, 4) is 11.5 Å². The first-order chi connectivity index (χ1) is 18.3. The van der Waals surface area contributed by atoms with Crippen molar-refractivity contribution in [2.24, 2.45) is 0 Å². The number of fused-ring (bicyclic) bond motifs is 1. The van der Waals surface area contributed by atoms with Crippen molar-refractivity contribution in [1.29, 1.82) is 0 Å². The zero-order valence-electron chi connectivity index (χ0n) is 23.1. The molecule has 0 aromatic heterocycles. The van der Waals surface area contributed by atoms with E-state index >= 15 is 0 Å². The number of hydrogen-bond donors (Lipinski definition) is 1. The molecule has 0 saturated heterocycles. The second-order valence-corrected chi connectivity index (χ2v) is 11.3. The third-order valence-electron chi connectivity index (χ3n) is 7.64. The summed E-state index contributed by atoms with van der Waals surface area (Å²) in [7, 11) is 1.63. The molecule has 0 radical (unpaired) electrons. The fourth-order valence-corrected chi connectivity index (χ4v) is 5.94.